The fourth-order valence-electron chi connectivity index (χ4n) is 4.05. The molecule has 2 fully saturated rings. The molecule has 8 heteroatoms. The molecular weight excluding hydrogens is 346 g/mol. The number of rotatable bonds is 7. The normalized spacial score (nSPS) is 28.5. The molecule has 2 saturated carbocycles. The van der Waals surface area contributed by atoms with Crippen molar-refractivity contribution in [2.45, 2.75) is 69.6 Å². The Morgan fingerprint density at radius 2 is 1.78 bits per heavy atom. The predicted molar refractivity (Wildman–Crippen MR) is 104 cm³/mol. The van der Waals surface area contributed by atoms with Gasteiger partial charge in [0.1, 0.15) is 5.82 Å². The number of primary amides is 1. The van der Waals surface area contributed by atoms with E-state index in [2.05, 4.69) is 20.6 Å². The van der Waals surface area contributed by atoms with Crippen LogP contribution in [0.4, 0.5) is 11.8 Å². The van der Waals surface area contributed by atoms with Gasteiger partial charge in [0.25, 0.3) is 5.91 Å². The number of aliphatic hydroxyl groups is 1. The van der Waals surface area contributed by atoms with Crippen LogP contribution in [-0.4, -0.2) is 52.9 Å². The Labute approximate surface area is 160 Å². The molecule has 1 amide bonds. The molecular formula is C19H31N5O3. The lowest BCUT2D eigenvalue weighted by molar-refractivity contribution is 0.1000. The molecule has 8 nitrogen and oxygen atoms in total. The Hall–Kier alpha value is -1.93. The van der Waals surface area contributed by atoms with Crippen molar-refractivity contribution in [2.75, 3.05) is 24.4 Å². The first-order valence-electron chi connectivity index (χ1n) is 9.92. The van der Waals surface area contributed by atoms with Gasteiger partial charge in [-0.15, -0.1) is 0 Å². The number of ether oxygens (including phenoxy) is 1. The molecule has 1 aromatic rings. The number of carbonyl (C=O) groups excluding carboxylic acids is 1. The number of aromatic nitrogens is 2. The molecule has 0 aliphatic heterocycles. The van der Waals surface area contributed by atoms with E-state index in [0.717, 1.165) is 58.0 Å². The van der Waals surface area contributed by atoms with E-state index >= 15 is 0 Å². The van der Waals surface area contributed by atoms with Crippen molar-refractivity contribution in [2.24, 2.45) is 11.7 Å². The van der Waals surface area contributed by atoms with Gasteiger partial charge in [0.2, 0.25) is 5.95 Å². The zero-order valence-corrected chi connectivity index (χ0v) is 16.0. The van der Waals surface area contributed by atoms with Crippen LogP contribution in [-0.2, 0) is 4.74 Å². The van der Waals surface area contributed by atoms with Crippen LogP contribution < -0.4 is 16.4 Å². The van der Waals surface area contributed by atoms with Gasteiger partial charge in [-0.2, -0.15) is 4.98 Å². The molecule has 2 aliphatic carbocycles. The van der Waals surface area contributed by atoms with Crippen LogP contribution in [0.1, 0.15) is 61.7 Å². The number of aliphatic hydroxyl groups excluding tert-OH is 1. The van der Waals surface area contributed by atoms with E-state index in [4.69, 9.17) is 10.5 Å². The molecule has 150 valence electrons. The van der Waals surface area contributed by atoms with E-state index < -0.39 is 5.91 Å². The average molecular weight is 377 g/mol. The van der Waals surface area contributed by atoms with Gasteiger partial charge in [-0.25, -0.2) is 4.98 Å². The van der Waals surface area contributed by atoms with E-state index in [-0.39, 0.29) is 18.2 Å². The molecule has 0 saturated heterocycles. The molecule has 1 heterocycles. The smallest absolute Gasteiger partial charge is 0.254 e. The quantitative estimate of drug-likeness (QED) is 0.572. The van der Waals surface area contributed by atoms with E-state index in [9.17, 15) is 9.90 Å². The van der Waals surface area contributed by atoms with Gasteiger partial charge >= 0.3 is 0 Å². The Balaban J connectivity index is 1.64. The second kappa shape index (κ2) is 9.32. The van der Waals surface area contributed by atoms with Gasteiger partial charge in [0.05, 0.1) is 11.7 Å². The molecule has 5 N–H and O–H groups in total. The fraction of sp³-hybridized carbons (Fsp3) is 0.737. The van der Waals surface area contributed by atoms with Gasteiger partial charge in [-0.1, -0.05) is 0 Å². The zero-order valence-electron chi connectivity index (χ0n) is 16.0. The number of methoxy groups -OCH3 is 1. The number of anilines is 2. The van der Waals surface area contributed by atoms with Crippen molar-refractivity contribution < 1.29 is 14.6 Å². The first kappa shape index (κ1) is 19.8. The summed E-state index contributed by atoms with van der Waals surface area (Å²) in [6, 6.07) is 0.508. The maximum atomic E-state index is 11.8. The summed E-state index contributed by atoms with van der Waals surface area (Å²) < 4.78 is 5.25. The monoisotopic (exact) mass is 377 g/mol. The number of hydrogen-bond donors (Lipinski definition) is 4. The minimum Gasteiger partial charge on any atom is -0.393 e. The molecule has 0 bridgehead atoms. The van der Waals surface area contributed by atoms with E-state index in [1.165, 1.54) is 6.20 Å². The van der Waals surface area contributed by atoms with E-state index in [1.54, 1.807) is 7.11 Å². The minimum atomic E-state index is -0.530. The summed E-state index contributed by atoms with van der Waals surface area (Å²) in [5, 5.41) is 16.4. The number of nitrogens with two attached hydrogens (primary N) is 1. The number of carbonyl (C=O) groups is 1. The second-order valence-electron chi connectivity index (χ2n) is 7.79. The zero-order chi connectivity index (χ0) is 19.2. The van der Waals surface area contributed by atoms with Crippen molar-refractivity contribution in [3.05, 3.63) is 11.8 Å². The van der Waals surface area contributed by atoms with Crippen molar-refractivity contribution in [1.29, 1.82) is 0 Å². The van der Waals surface area contributed by atoms with Crippen molar-refractivity contribution >= 4 is 17.7 Å². The Bertz CT molecular complexity index is 626. The molecule has 0 unspecified atom stereocenters. The lowest BCUT2D eigenvalue weighted by Crippen LogP contribution is -2.31. The van der Waals surface area contributed by atoms with Crippen LogP contribution in [0.5, 0.6) is 0 Å². The summed E-state index contributed by atoms with van der Waals surface area (Å²) in [4.78, 5) is 20.6. The number of amides is 1. The maximum Gasteiger partial charge on any atom is 0.254 e. The second-order valence-corrected chi connectivity index (χ2v) is 7.79. The van der Waals surface area contributed by atoms with Crippen LogP contribution in [0.2, 0.25) is 0 Å². The van der Waals surface area contributed by atoms with Crippen molar-refractivity contribution in [3.8, 4) is 0 Å². The number of nitrogens with one attached hydrogen (secondary N) is 2. The Morgan fingerprint density at radius 3 is 2.41 bits per heavy atom. The third-order valence-electron chi connectivity index (χ3n) is 5.67. The minimum absolute atomic E-state index is 0.202. The molecule has 27 heavy (non-hydrogen) atoms. The molecule has 1 aromatic heterocycles. The molecule has 2 aliphatic rings. The lowest BCUT2D eigenvalue weighted by atomic mass is 9.86. The van der Waals surface area contributed by atoms with Gasteiger partial charge in [-0.05, 0) is 57.3 Å². The third kappa shape index (κ3) is 5.52. The first-order chi connectivity index (χ1) is 13.0. The highest BCUT2D eigenvalue weighted by Gasteiger charge is 2.24. The summed E-state index contributed by atoms with van der Waals surface area (Å²) in [6.45, 7) is 0.802. The molecule has 0 atom stereocenters. The lowest BCUT2D eigenvalue weighted by Gasteiger charge is -2.29. The third-order valence-corrected chi connectivity index (χ3v) is 5.67. The van der Waals surface area contributed by atoms with Gasteiger partial charge in [0.15, 0.2) is 0 Å². The Kier molecular flexibility index (Phi) is 6.84. The first-order valence-corrected chi connectivity index (χ1v) is 9.92. The number of hydrogen-bond acceptors (Lipinski definition) is 7. The average Bonchev–Trinajstić information content (AvgIpc) is 2.65. The van der Waals surface area contributed by atoms with E-state index in [1.807, 2.05) is 0 Å². The molecule has 0 aromatic carbocycles. The number of nitrogens with zero attached hydrogens (tertiary/aromatic N) is 2. The Morgan fingerprint density at radius 1 is 1.15 bits per heavy atom. The highest BCUT2D eigenvalue weighted by atomic mass is 16.5. The largest absolute Gasteiger partial charge is 0.393 e. The molecule has 0 radical (unpaired) electrons. The SMILES string of the molecule is COCC1CCC(Nc2nc(N[C@H]3CC[C@H](O)CC3)ncc2C(N)=O)CC1. The summed E-state index contributed by atoms with van der Waals surface area (Å²) in [7, 11) is 1.74. The van der Waals surface area contributed by atoms with Crippen LogP contribution in [0.3, 0.4) is 0 Å². The van der Waals surface area contributed by atoms with Gasteiger partial charge < -0.3 is 26.2 Å². The van der Waals surface area contributed by atoms with Gasteiger partial charge in [-0.3, -0.25) is 4.79 Å². The summed E-state index contributed by atoms with van der Waals surface area (Å²) in [5.74, 6) is 1.08. The summed E-state index contributed by atoms with van der Waals surface area (Å²) >= 11 is 0. The van der Waals surface area contributed by atoms with Crippen LogP contribution in [0, 0.1) is 5.92 Å². The van der Waals surface area contributed by atoms with Crippen LogP contribution >= 0.6 is 0 Å². The summed E-state index contributed by atoms with van der Waals surface area (Å²) in [5.41, 5.74) is 5.83. The summed E-state index contributed by atoms with van der Waals surface area (Å²) in [6.07, 6.45) is 8.85. The highest BCUT2D eigenvalue weighted by Crippen LogP contribution is 2.28. The standard InChI is InChI=1S/C19H31N5O3/c1-27-11-12-2-4-13(5-3-12)22-18-16(17(20)26)10-21-19(24-18)23-14-6-8-15(25)9-7-14/h10,12-15,25H,2-9,11H2,1H3,(H2,20,26)(H2,21,22,23,24)/t12?,13?,14-,15-. The molecule has 3 rings (SSSR count). The predicted octanol–water partition coefficient (Wildman–Crippen LogP) is 1.91. The maximum absolute atomic E-state index is 11.8. The van der Waals surface area contributed by atoms with E-state index in [0.29, 0.717) is 23.2 Å². The van der Waals surface area contributed by atoms with Crippen LogP contribution in [0.25, 0.3) is 0 Å². The van der Waals surface area contributed by atoms with Crippen molar-refractivity contribution in [3.63, 3.8) is 0 Å². The topological polar surface area (TPSA) is 122 Å². The van der Waals surface area contributed by atoms with Gasteiger partial charge in [0, 0.05) is 32.0 Å². The molecule has 0 spiro atoms. The highest BCUT2D eigenvalue weighted by molar-refractivity contribution is 5.97. The van der Waals surface area contributed by atoms with Crippen LogP contribution in [0.15, 0.2) is 6.20 Å². The van der Waals surface area contributed by atoms with Crippen molar-refractivity contribution in [1.82, 2.24) is 9.97 Å². The fourth-order valence-corrected chi connectivity index (χ4v) is 4.05.